The fourth-order valence-corrected chi connectivity index (χ4v) is 4.01. The van der Waals surface area contributed by atoms with Gasteiger partial charge in [0.2, 0.25) is 0 Å². The van der Waals surface area contributed by atoms with Crippen LogP contribution in [0.3, 0.4) is 0 Å². The first-order valence-corrected chi connectivity index (χ1v) is 8.38. The van der Waals surface area contributed by atoms with Crippen LogP contribution in [0.1, 0.15) is 45.4 Å². The summed E-state index contributed by atoms with van der Waals surface area (Å²) < 4.78 is 0. The summed E-state index contributed by atoms with van der Waals surface area (Å²) in [7, 11) is 0. The van der Waals surface area contributed by atoms with E-state index in [1.54, 1.807) is 0 Å². The summed E-state index contributed by atoms with van der Waals surface area (Å²) in [6.45, 7) is 14.0. The molecule has 1 aliphatic heterocycles. The minimum Gasteiger partial charge on any atom is -0.264 e. The molecule has 0 amide bonds. The van der Waals surface area contributed by atoms with Gasteiger partial charge in [0, 0.05) is 18.5 Å². The highest BCUT2D eigenvalue weighted by Crippen LogP contribution is 2.31. The van der Waals surface area contributed by atoms with Crippen LogP contribution in [0.4, 0.5) is 5.69 Å². The molecule has 0 N–H and O–H groups in total. The molecule has 0 aliphatic carbocycles. The van der Waals surface area contributed by atoms with Crippen molar-refractivity contribution in [2.75, 3.05) is 11.6 Å². The first-order valence-electron chi connectivity index (χ1n) is 8.38. The minimum absolute atomic E-state index is 0.965. The third-order valence-electron chi connectivity index (χ3n) is 4.66. The molecule has 0 fully saturated rings. The standard InChI is InChI=1S/C21H26N2/c1-13-9-15(3)20(16(4)10-13)19-7-8-23(22-19)21-17(5)11-14(2)12-18(21)6/h9-12H,7-8H2,1-6H3. The average molecular weight is 306 g/mol. The number of hydrogen-bond acceptors (Lipinski definition) is 2. The van der Waals surface area contributed by atoms with Gasteiger partial charge in [-0.2, -0.15) is 5.10 Å². The molecule has 2 aromatic rings. The van der Waals surface area contributed by atoms with Crippen LogP contribution in [0.2, 0.25) is 0 Å². The first kappa shape index (κ1) is 15.8. The summed E-state index contributed by atoms with van der Waals surface area (Å²) in [5.74, 6) is 0. The van der Waals surface area contributed by atoms with Crippen LogP contribution in [0.15, 0.2) is 29.4 Å². The van der Waals surface area contributed by atoms with E-state index < -0.39 is 0 Å². The van der Waals surface area contributed by atoms with Crippen molar-refractivity contribution in [1.29, 1.82) is 0 Å². The van der Waals surface area contributed by atoms with Crippen LogP contribution >= 0.6 is 0 Å². The second-order valence-electron chi connectivity index (χ2n) is 6.94. The van der Waals surface area contributed by atoms with E-state index in [0.29, 0.717) is 0 Å². The molecule has 2 aromatic carbocycles. The molecular formula is C21H26N2. The van der Waals surface area contributed by atoms with E-state index in [4.69, 9.17) is 5.10 Å². The molecule has 0 aromatic heterocycles. The summed E-state index contributed by atoms with van der Waals surface area (Å²) in [5, 5.41) is 7.17. The number of hydrogen-bond donors (Lipinski definition) is 0. The monoisotopic (exact) mass is 306 g/mol. The molecule has 3 rings (SSSR count). The molecule has 0 bridgehead atoms. The molecule has 0 spiro atoms. The largest absolute Gasteiger partial charge is 0.264 e. The van der Waals surface area contributed by atoms with Crippen molar-refractivity contribution in [2.24, 2.45) is 5.10 Å². The minimum atomic E-state index is 0.965. The molecule has 0 saturated heterocycles. The molecule has 2 nitrogen and oxygen atoms in total. The van der Waals surface area contributed by atoms with Crippen LogP contribution in [-0.4, -0.2) is 12.3 Å². The van der Waals surface area contributed by atoms with E-state index in [1.807, 2.05) is 0 Å². The Balaban J connectivity index is 2.03. The van der Waals surface area contributed by atoms with Gasteiger partial charge in [-0.25, -0.2) is 0 Å². The van der Waals surface area contributed by atoms with Gasteiger partial charge in [-0.05, 0) is 63.8 Å². The molecule has 0 saturated carbocycles. The molecule has 23 heavy (non-hydrogen) atoms. The highest BCUT2D eigenvalue weighted by molar-refractivity contribution is 6.05. The fraction of sp³-hybridized carbons (Fsp3) is 0.381. The van der Waals surface area contributed by atoms with Crippen molar-refractivity contribution in [3.8, 4) is 0 Å². The van der Waals surface area contributed by atoms with Gasteiger partial charge in [0.1, 0.15) is 0 Å². The number of benzene rings is 2. The van der Waals surface area contributed by atoms with Crippen molar-refractivity contribution < 1.29 is 0 Å². The Bertz CT molecular complexity index is 753. The van der Waals surface area contributed by atoms with Gasteiger partial charge in [-0.15, -0.1) is 0 Å². The Hall–Kier alpha value is -2.09. The van der Waals surface area contributed by atoms with E-state index in [1.165, 1.54) is 50.3 Å². The van der Waals surface area contributed by atoms with Crippen LogP contribution in [0.25, 0.3) is 0 Å². The number of nitrogens with zero attached hydrogens (tertiary/aromatic N) is 2. The first-order chi connectivity index (χ1) is 10.9. The van der Waals surface area contributed by atoms with Crippen molar-refractivity contribution in [3.63, 3.8) is 0 Å². The summed E-state index contributed by atoms with van der Waals surface area (Å²) in [4.78, 5) is 0. The predicted octanol–water partition coefficient (Wildman–Crippen LogP) is 5.15. The van der Waals surface area contributed by atoms with Gasteiger partial charge in [-0.3, -0.25) is 5.01 Å². The van der Waals surface area contributed by atoms with Crippen LogP contribution in [0.5, 0.6) is 0 Å². The predicted molar refractivity (Wildman–Crippen MR) is 99.8 cm³/mol. The van der Waals surface area contributed by atoms with Crippen molar-refractivity contribution in [3.05, 3.63) is 63.2 Å². The highest BCUT2D eigenvalue weighted by Gasteiger charge is 2.22. The van der Waals surface area contributed by atoms with E-state index in [-0.39, 0.29) is 0 Å². The zero-order valence-corrected chi connectivity index (χ0v) is 15.1. The lowest BCUT2D eigenvalue weighted by atomic mass is 9.95. The van der Waals surface area contributed by atoms with Gasteiger partial charge in [0.15, 0.2) is 0 Å². The molecule has 0 radical (unpaired) electrons. The third kappa shape index (κ3) is 2.90. The van der Waals surface area contributed by atoms with Gasteiger partial charge >= 0.3 is 0 Å². The smallest absolute Gasteiger partial charge is 0.0705 e. The van der Waals surface area contributed by atoms with E-state index in [9.17, 15) is 0 Å². The van der Waals surface area contributed by atoms with Crippen molar-refractivity contribution in [1.82, 2.24) is 0 Å². The Labute approximate surface area is 139 Å². The maximum Gasteiger partial charge on any atom is 0.0705 e. The van der Waals surface area contributed by atoms with Crippen LogP contribution < -0.4 is 5.01 Å². The maximum absolute atomic E-state index is 4.98. The van der Waals surface area contributed by atoms with Gasteiger partial charge in [0.25, 0.3) is 0 Å². The van der Waals surface area contributed by atoms with Crippen molar-refractivity contribution in [2.45, 2.75) is 48.0 Å². The Morgan fingerprint density at radius 1 is 0.739 bits per heavy atom. The lowest BCUT2D eigenvalue weighted by molar-refractivity contribution is 0.909. The summed E-state index contributed by atoms with van der Waals surface area (Å²) in [5.41, 5.74) is 11.8. The van der Waals surface area contributed by atoms with Crippen LogP contribution in [0, 0.1) is 41.5 Å². The zero-order valence-electron chi connectivity index (χ0n) is 15.1. The fourth-order valence-electron chi connectivity index (χ4n) is 4.01. The average Bonchev–Trinajstić information content (AvgIpc) is 2.85. The molecule has 120 valence electrons. The molecule has 2 heteroatoms. The highest BCUT2D eigenvalue weighted by atomic mass is 15.5. The summed E-state index contributed by atoms with van der Waals surface area (Å²) >= 11 is 0. The molecule has 0 unspecified atom stereocenters. The number of anilines is 1. The van der Waals surface area contributed by atoms with E-state index in [2.05, 4.69) is 70.8 Å². The lowest BCUT2D eigenvalue weighted by Crippen LogP contribution is -2.14. The molecule has 1 heterocycles. The van der Waals surface area contributed by atoms with Gasteiger partial charge < -0.3 is 0 Å². The Morgan fingerprint density at radius 3 is 1.74 bits per heavy atom. The third-order valence-corrected chi connectivity index (χ3v) is 4.66. The lowest BCUT2D eigenvalue weighted by Gasteiger charge is -2.19. The second-order valence-corrected chi connectivity index (χ2v) is 6.94. The van der Waals surface area contributed by atoms with E-state index in [0.717, 1.165) is 13.0 Å². The molecular weight excluding hydrogens is 280 g/mol. The van der Waals surface area contributed by atoms with Gasteiger partial charge in [-0.1, -0.05) is 35.4 Å². The number of rotatable bonds is 2. The quantitative estimate of drug-likeness (QED) is 0.749. The number of hydrazone groups is 1. The normalized spacial score (nSPS) is 14.3. The van der Waals surface area contributed by atoms with Gasteiger partial charge in [0.05, 0.1) is 11.4 Å². The second kappa shape index (κ2) is 5.84. The summed E-state index contributed by atoms with van der Waals surface area (Å²) in [6.07, 6.45) is 1.01. The number of aryl methyl sites for hydroxylation is 6. The topological polar surface area (TPSA) is 15.6 Å². The van der Waals surface area contributed by atoms with Crippen LogP contribution in [-0.2, 0) is 0 Å². The Morgan fingerprint density at radius 2 is 1.22 bits per heavy atom. The zero-order chi connectivity index (χ0) is 16.7. The SMILES string of the molecule is Cc1cc(C)c(C2=NN(c3c(C)cc(C)cc3C)CC2)c(C)c1. The molecule has 1 aliphatic rings. The Kier molecular flexibility index (Phi) is 4.01. The maximum atomic E-state index is 4.98. The van der Waals surface area contributed by atoms with Crippen molar-refractivity contribution >= 4 is 11.4 Å². The molecule has 0 atom stereocenters. The van der Waals surface area contributed by atoms with E-state index >= 15 is 0 Å². The summed E-state index contributed by atoms with van der Waals surface area (Å²) in [6, 6.07) is 9.02.